The van der Waals surface area contributed by atoms with Gasteiger partial charge in [-0.25, -0.2) is 0 Å². The third-order valence-corrected chi connectivity index (χ3v) is 2.02. The lowest BCUT2D eigenvalue weighted by Gasteiger charge is -2.01. The van der Waals surface area contributed by atoms with Crippen LogP contribution in [0.1, 0.15) is 4.88 Å². The number of halogens is 1. The second kappa shape index (κ2) is 5.08. The van der Waals surface area contributed by atoms with E-state index in [0.29, 0.717) is 6.42 Å². The fraction of sp³-hybridized carbons (Fsp3) is 0.333. The number of carboxylic acids is 1. The Labute approximate surface area is 79.8 Å². The normalized spacial score (nSPS) is 11.8. The molecule has 1 unspecified atom stereocenters. The molecule has 6 heteroatoms. The molecule has 0 radical (unpaired) electrons. The van der Waals surface area contributed by atoms with Crippen LogP contribution in [0, 0.1) is 0 Å². The van der Waals surface area contributed by atoms with Crippen LogP contribution >= 0.6 is 23.7 Å². The Hall–Kier alpha value is -0.650. The molecule has 68 valence electrons. The number of nitrogens with zero attached hydrogens (tertiary/aromatic N) is 1. The van der Waals surface area contributed by atoms with Crippen molar-refractivity contribution in [3.05, 3.63) is 16.6 Å². The molecule has 3 N–H and O–H groups in total. The predicted molar refractivity (Wildman–Crippen MR) is 48.7 cm³/mol. The van der Waals surface area contributed by atoms with Crippen molar-refractivity contribution >= 4 is 29.7 Å². The molecule has 1 aromatic heterocycles. The van der Waals surface area contributed by atoms with E-state index in [4.69, 9.17) is 10.8 Å². The highest BCUT2D eigenvalue weighted by molar-refractivity contribution is 7.09. The molecule has 0 amide bonds. The number of nitrogens with two attached hydrogens (primary N) is 1. The van der Waals surface area contributed by atoms with Crippen molar-refractivity contribution in [1.29, 1.82) is 0 Å². The zero-order chi connectivity index (χ0) is 8.27. The lowest BCUT2D eigenvalue weighted by atomic mass is 10.2. The molecular weight excluding hydrogens is 200 g/mol. The van der Waals surface area contributed by atoms with E-state index in [0.717, 1.165) is 4.88 Å². The topological polar surface area (TPSA) is 76.2 Å². The van der Waals surface area contributed by atoms with Crippen LogP contribution in [0.4, 0.5) is 0 Å². The fourth-order valence-electron chi connectivity index (χ4n) is 0.647. The first-order valence-electron chi connectivity index (χ1n) is 3.06. The van der Waals surface area contributed by atoms with Gasteiger partial charge in [-0.2, -0.15) is 0 Å². The first-order valence-corrected chi connectivity index (χ1v) is 3.94. The predicted octanol–water partition coefficient (Wildman–Crippen LogP) is 0.519. The smallest absolute Gasteiger partial charge is 0.320 e. The Morgan fingerprint density at radius 2 is 2.50 bits per heavy atom. The summed E-state index contributed by atoms with van der Waals surface area (Å²) in [4.78, 5) is 15.0. The Morgan fingerprint density at radius 1 is 1.83 bits per heavy atom. The summed E-state index contributed by atoms with van der Waals surface area (Å²) >= 11 is 1.41. The molecule has 0 saturated carbocycles. The summed E-state index contributed by atoms with van der Waals surface area (Å²) in [5, 5.41) is 8.44. The number of carbonyl (C=O) groups is 1. The van der Waals surface area contributed by atoms with E-state index in [2.05, 4.69) is 4.98 Å². The van der Waals surface area contributed by atoms with Gasteiger partial charge in [-0.3, -0.25) is 9.78 Å². The standard InChI is InChI=1S/C6H8N2O2S.ClH/c7-5(6(9)10)1-4-2-8-3-11-4;/h2-3,5H,1,7H2,(H,9,10);1H. The molecule has 1 aromatic rings. The third-order valence-electron chi connectivity index (χ3n) is 1.22. The second-order valence-electron chi connectivity index (χ2n) is 2.12. The number of hydrogen-bond donors (Lipinski definition) is 2. The summed E-state index contributed by atoms with van der Waals surface area (Å²) in [7, 11) is 0. The summed E-state index contributed by atoms with van der Waals surface area (Å²) < 4.78 is 0. The molecule has 0 fully saturated rings. The van der Waals surface area contributed by atoms with E-state index < -0.39 is 12.0 Å². The van der Waals surface area contributed by atoms with Gasteiger partial charge in [-0.05, 0) is 0 Å². The zero-order valence-corrected chi connectivity index (χ0v) is 7.77. The Bertz CT molecular complexity index is 240. The van der Waals surface area contributed by atoms with Gasteiger partial charge in [0.25, 0.3) is 0 Å². The second-order valence-corrected chi connectivity index (χ2v) is 3.09. The molecule has 0 aliphatic heterocycles. The van der Waals surface area contributed by atoms with Crippen LogP contribution in [0.2, 0.25) is 0 Å². The van der Waals surface area contributed by atoms with Gasteiger partial charge in [0.15, 0.2) is 0 Å². The number of aliphatic carboxylic acids is 1. The first-order chi connectivity index (χ1) is 5.20. The lowest BCUT2D eigenvalue weighted by Crippen LogP contribution is -2.31. The quantitative estimate of drug-likeness (QED) is 0.760. The largest absolute Gasteiger partial charge is 0.480 e. The van der Waals surface area contributed by atoms with Gasteiger partial charge in [0.05, 0.1) is 5.51 Å². The van der Waals surface area contributed by atoms with E-state index in [9.17, 15) is 4.79 Å². The fourth-order valence-corrected chi connectivity index (χ4v) is 1.30. The number of rotatable bonds is 3. The monoisotopic (exact) mass is 208 g/mol. The summed E-state index contributed by atoms with van der Waals surface area (Å²) in [6.07, 6.45) is 1.99. The molecule has 0 bridgehead atoms. The summed E-state index contributed by atoms with van der Waals surface area (Å²) in [5.74, 6) is -0.974. The molecule has 0 spiro atoms. The SMILES string of the molecule is Cl.NC(Cc1cncs1)C(=O)O. The average Bonchev–Trinajstić information content (AvgIpc) is 2.39. The zero-order valence-electron chi connectivity index (χ0n) is 6.14. The maximum absolute atomic E-state index is 10.3. The molecular formula is C6H9ClN2O2S. The van der Waals surface area contributed by atoms with Crippen LogP contribution in [0.5, 0.6) is 0 Å². The number of hydrogen-bond acceptors (Lipinski definition) is 4. The van der Waals surface area contributed by atoms with Crippen LogP contribution < -0.4 is 5.73 Å². The van der Waals surface area contributed by atoms with Crippen molar-refractivity contribution in [2.24, 2.45) is 5.73 Å². The van der Waals surface area contributed by atoms with E-state index in [1.165, 1.54) is 11.3 Å². The molecule has 0 saturated heterocycles. The van der Waals surface area contributed by atoms with E-state index in [1.807, 2.05) is 0 Å². The van der Waals surface area contributed by atoms with Gasteiger partial charge in [0.1, 0.15) is 6.04 Å². The number of aromatic nitrogens is 1. The highest BCUT2D eigenvalue weighted by Gasteiger charge is 2.12. The van der Waals surface area contributed by atoms with E-state index in [1.54, 1.807) is 11.7 Å². The molecule has 1 atom stereocenters. The van der Waals surface area contributed by atoms with Gasteiger partial charge in [-0.15, -0.1) is 23.7 Å². The first kappa shape index (κ1) is 11.4. The molecule has 0 aliphatic carbocycles. The molecule has 4 nitrogen and oxygen atoms in total. The van der Waals surface area contributed by atoms with E-state index in [-0.39, 0.29) is 12.4 Å². The Balaban J connectivity index is 0.00000121. The Kier molecular flexibility index (Phi) is 4.80. The van der Waals surface area contributed by atoms with Crippen molar-refractivity contribution < 1.29 is 9.90 Å². The van der Waals surface area contributed by atoms with Crippen molar-refractivity contribution in [3.63, 3.8) is 0 Å². The van der Waals surface area contributed by atoms with E-state index >= 15 is 0 Å². The van der Waals surface area contributed by atoms with Gasteiger partial charge in [0, 0.05) is 17.5 Å². The van der Waals surface area contributed by atoms with Crippen molar-refractivity contribution in [1.82, 2.24) is 4.98 Å². The summed E-state index contributed by atoms with van der Waals surface area (Å²) in [6, 6.07) is -0.810. The highest BCUT2D eigenvalue weighted by atomic mass is 35.5. The van der Waals surface area contributed by atoms with Gasteiger partial charge in [0.2, 0.25) is 0 Å². The summed E-state index contributed by atoms with van der Waals surface area (Å²) in [5.41, 5.74) is 6.94. The van der Waals surface area contributed by atoms with Crippen molar-refractivity contribution in [3.8, 4) is 0 Å². The minimum atomic E-state index is -0.974. The summed E-state index contributed by atoms with van der Waals surface area (Å²) in [6.45, 7) is 0. The molecule has 0 aromatic carbocycles. The van der Waals surface area contributed by atoms with Gasteiger partial charge < -0.3 is 10.8 Å². The lowest BCUT2D eigenvalue weighted by molar-refractivity contribution is -0.138. The van der Waals surface area contributed by atoms with Crippen LogP contribution in [0.25, 0.3) is 0 Å². The average molecular weight is 209 g/mol. The highest BCUT2D eigenvalue weighted by Crippen LogP contribution is 2.07. The third kappa shape index (κ3) is 3.17. The number of carboxylic acid groups (broad SMARTS) is 1. The molecule has 0 aliphatic rings. The maximum atomic E-state index is 10.3. The Morgan fingerprint density at radius 3 is 2.92 bits per heavy atom. The van der Waals surface area contributed by atoms with Crippen LogP contribution in [-0.4, -0.2) is 22.1 Å². The molecule has 1 heterocycles. The van der Waals surface area contributed by atoms with Crippen LogP contribution in [-0.2, 0) is 11.2 Å². The van der Waals surface area contributed by atoms with Crippen LogP contribution in [0.3, 0.4) is 0 Å². The molecule has 1 rings (SSSR count). The minimum absolute atomic E-state index is 0. The molecule has 12 heavy (non-hydrogen) atoms. The van der Waals surface area contributed by atoms with Crippen molar-refractivity contribution in [2.45, 2.75) is 12.5 Å². The van der Waals surface area contributed by atoms with Crippen molar-refractivity contribution in [2.75, 3.05) is 0 Å². The maximum Gasteiger partial charge on any atom is 0.320 e. The number of thiazole rings is 1. The van der Waals surface area contributed by atoms with Gasteiger partial charge >= 0.3 is 5.97 Å². The van der Waals surface area contributed by atoms with Gasteiger partial charge in [-0.1, -0.05) is 0 Å². The minimum Gasteiger partial charge on any atom is -0.480 e. The van der Waals surface area contributed by atoms with Crippen LogP contribution in [0.15, 0.2) is 11.7 Å².